The number of allylic oxidation sites excluding steroid dienone is 2. The van der Waals surface area contributed by atoms with Gasteiger partial charge in [0.05, 0.1) is 11.1 Å². The number of phenols is 3. The highest BCUT2D eigenvalue weighted by atomic mass is 35.5. The van der Waals surface area contributed by atoms with Crippen molar-refractivity contribution in [3.8, 4) is 17.2 Å². The zero-order valence-electron chi connectivity index (χ0n) is 8.91. The van der Waals surface area contributed by atoms with Crippen LogP contribution in [0.5, 0.6) is 17.2 Å². The average molecular weight is 289 g/mol. The van der Waals surface area contributed by atoms with Gasteiger partial charge < -0.3 is 15.3 Å². The normalized spacial score (nSPS) is 15.1. The van der Waals surface area contributed by atoms with Crippen LogP contribution in [0.2, 0.25) is 0 Å². The molecule has 5 nitrogen and oxygen atoms in total. The number of aromatic hydroxyl groups is 3. The number of hydrogen-bond acceptors (Lipinski definition) is 5. The molecule has 3 N–H and O–H groups in total. The van der Waals surface area contributed by atoms with E-state index < -0.39 is 50.0 Å². The van der Waals surface area contributed by atoms with E-state index in [9.17, 15) is 24.9 Å². The Labute approximate surface area is 111 Å². The van der Waals surface area contributed by atoms with Crippen LogP contribution in [0.4, 0.5) is 0 Å². The van der Waals surface area contributed by atoms with Crippen LogP contribution in [-0.4, -0.2) is 26.9 Å². The Balaban J connectivity index is 2.96. The van der Waals surface area contributed by atoms with Crippen molar-refractivity contribution in [3.05, 3.63) is 26.8 Å². The van der Waals surface area contributed by atoms with Crippen LogP contribution >= 0.6 is 23.2 Å². The lowest BCUT2D eigenvalue weighted by molar-refractivity contribution is 0.0981. The molecule has 0 saturated heterocycles. The minimum absolute atomic E-state index is 0.130. The molecule has 0 fully saturated rings. The van der Waals surface area contributed by atoms with E-state index in [-0.39, 0.29) is 5.56 Å². The molecule has 0 spiro atoms. The maximum Gasteiger partial charge on any atom is 0.210 e. The highest BCUT2D eigenvalue weighted by Crippen LogP contribution is 2.46. The lowest BCUT2D eigenvalue weighted by atomic mass is 9.90. The minimum Gasteiger partial charge on any atom is -0.507 e. The van der Waals surface area contributed by atoms with E-state index in [2.05, 4.69) is 0 Å². The van der Waals surface area contributed by atoms with Crippen molar-refractivity contribution in [2.24, 2.45) is 0 Å². The molecular weight excluding hydrogens is 283 g/mol. The van der Waals surface area contributed by atoms with Crippen LogP contribution in [-0.2, 0) is 0 Å². The van der Waals surface area contributed by atoms with E-state index in [4.69, 9.17) is 23.2 Å². The highest BCUT2D eigenvalue weighted by Gasteiger charge is 2.37. The average Bonchev–Trinajstić information content (AvgIpc) is 2.35. The Bertz CT molecular complexity index is 591. The fourth-order valence-corrected chi connectivity index (χ4v) is 2.05. The Kier molecular flexibility index (Phi) is 2.76. The standard InChI is InChI=1S/C11H6Cl2O5/c1-2-7(14)3-4(11(18)8(2)15)10(17)6(13)5(12)9(3)16/h14-15,18H,1H3. The number of rotatable bonds is 0. The van der Waals surface area contributed by atoms with Crippen molar-refractivity contribution < 1.29 is 24.9 Å². The van der Waals surface area contributed by atoms with Crippen LogP contribution in [0.1, 0.15) is 26.3 Å². The SMILES string of the molecule is Cc1c(O)c(O)c2c(c1O)C(=O)C(Cl)=C(Cl)C2=O. The second kappa shape index (κ2) is 3.90. The summed E-state index contributed by atoms with van der Waals surface area (Å²) in [5.41, 5.74) is -1.13. The summed E-state index contributed by atoms with van der Waals surface area (Å²) < 4.78 is 0. The maximum atomic E-state index is 11.8. The molecule has 1 aliphatic rings. The molecule has 0 aliphatic heterocycles. The molecule has 1 aromatic carbocycles. The van der Waals surface area contributed by atoms with Crippen molar-refractivity contribution in [1.82, 2.24) is 0 Å². The fourth-order valence-electron chi connectivity index (χ4n) is 1.69. The first-order valence-corrected chi connectivity index (χ1v) is 5.46. The summed E-state index contributed by atoms with van der Waals surface area (Å²) in [5, 5.41) is 27.9. The molecule has 0 saturated carbocycles. The second-order valence-electron chi connectivity index (χ2n) is 3.71. The third kappa shape index (κ3) is 1.41. The molecule has 94 valence electrons. The number of phenolic OH excluding ortho intramolecular Hbond substituents is 3. The molecule has 0 heterocycles. The van der Waals surface area contributed by atoms with Gasteiger partial charge in [0.15, 0.2) is 11.5 Å². The lowest BCUT2D eigenvalue weighted by Gasteiger charge is -2.18. The molecule has 0 bridgehead atoms. The van der Waals surface area contributed by atoms with Crippen molar-refractivity contribution in [2.45, 2.75) is 6.92 Å². The van der Waals surface area contributed by atoms with E-state index >= 15 is 0 Å². The van der Waals surface area contributed by atoms with Gasteiger partial charge in [0.1, 0.15) is 15.8 Å². The predicted octanol–water partition coefficient (Wildman–Crippen LogP) is 2.18. The number of carbonyl (C=O) groups is 2. The lowest BCUT2D eigenvalue weighted by Crippen LogP contribution is -2.18. The van der Waals surface area contributed by atoms with Crippen molar-refractivity contribution >= 4 is 34.8 Å². The monoisotopic (exact) mass is 288 g/mol. The molecule has 0 aromatic heterocycles. The molecule has 1 aromatic rings. The van der Waals surface area contributed by atoms with Gasteiger partial charge in [0.25, 0.3) is 0 Å². The summed E-state index contributed by atoms with van der Waals surface area (Å²) in [6, 6.07) is 0. The van der Waals surface area contributed by atoms with Crippen molar-refractivity contribution in [2.75, 3.05) is 0 Å². The summed E-state index contributed by atoms with van der Waals surface area (Å²) in [6.07, 6.45) is 0. The highest BCUT2D eigenvalue weighted by molar-refractivity contribution is 6.59. The van der Waals surface area contributed by atoms with Gasteiger partial charge in [-0.1, -0.05) is 23.2 Å². The summed E-state index contributed by atoms with van der Waals surface area (Å²) in [6.45, 7) is 1.27. The van der Waals surface area contributed by atoms with Crippen LogP contribution < -0.4 is 0 Å². The van der Waals surface area contributed by atoms with E-state index in [1.54, 1.807) is 0 Å². The minimum atomic E-state index is -0.931. The van der Waals surface area contributed by atoms with Gasteiger partial charge in [-0.2, -0.15) is 0 Å². The number of fused-ring (bicyclic) bond motifs is 1. The number of Topliss-reactive ketones (excluding diaryl/α,β-unsaturated/α-hetero) is 2. The Morgan fingerprint density at radius 3 is 1.61 bits per heavy atom. The topological polar surface area (TPSA) is 94.8 Å². The maximum absolute atomic E-state index is 11.8. The zero-order valence-corrected chi connectivity index (χ0v) is 10.4. The molecule has 18 heavy (non-hydrogen) atoms. The summed E-state index contributed by atoms with van der Waals surface area (Å²) in [5.74, 6) is -3.91. The third-order valence-corrected chi connectivity index (χ3v) is 3.52. The summed E-state index contributed by atoms with van der Waals surface area (Å²) in [7, 11) is 0. The number of carbonyl (C=O) groups excluding carboxylic acids is 2. The smallest absolute Gasteiger partial charge is 0.210 e. The van der Waals surface area contributed by atoms with E-state index in [0.717, 1.165) is 0 Å². The fraction of sp³-hybridized carbons (Fsp3) is 0.0909. The Morgan fingerprint density at radius 2 is 1.17 bits per heavy atom. The summed E-state index contributed by atoms with van der Waals surface area (Å²) in [4.78, 5) is 23.6. The van der Waals surface area contributed by atoms with Crippen LogP contribution in [0.3, 0.4) is 0 Å². The third-order valence-electron chi connectivity index (χ3n) is 2.70. The number of halogens is 2. The van der Waals surface area contributed by atoms with Gasteiger partial charge in [-0.15, -0.1) is 0 Å². The van der Waals surface area contributed by atoms with Crippen molar-refractivity contribution in [3.63, 3.8) is 0 Å². The quantitative estimate of drug-likeness (QED) is 0.502. The first-order chi connectivity index (χ1) is 8.29. The van der Waals surface area contributed by atoms with Crippen molar-refractivity contribution in [1.29, 1.82) is 0 Å². The number of benzene rings is 1. The number of ketones is 2. The van der Waals surface area contributed by atoms with Gasteiger partial charge >= 0.3 is 0 Å². The Hall–Kier alpha value is -1.72. The molecule has 1 aliphatic carbocycles. The molecule has 0 atom stereocenters. The molecule has 2 rings (SSSR count). The van der Waals surface area contributed by atoms with Gasteiger partial charge in [0, 0.05) is 5.56 Å². The van der Waals surface area contributed by atoms with Gasteiger partial charge in [0.2, 0.25) is 11.6 Å². The molecule has 0 radical (unpaired) electrons. The first-order valence-electron chi connectivity index (χ1n) is 4.71. The van der Waals surface area contributed by atoms with Gasteiger partial charge in [-0.05, 0) is 6.92 Å². The molecule has 0 amide bonds. The van der Waals surface area contributed by atoms with E-state index in [1.165, 1.54) is 6.92 Å². The van der Waals surface area contributed by atoms with Gasteiger partial charge in [-0.3, -0.25) is 9.59 Å². The molecule has 0 unspecified atom stereocenters. The van der Waals surface area contributed by atoms with E-state index in [0.29, 0.717) is 0 Å². The van der Waals surface area contributed by atoms with Gasteiger partial charge in [-0.25, -0.2) is 0 Å². The second-order valence-corrected chi connectivity index (χ2v) is 4.46. The Morgan fingerprint density at radius 1 is 0.778 bits per heavy atom. The van der Waals surface area contributed by atoms with Crippen LogP contribution in [0, 0.1) is 6.92 Å². The zero-order chi connectivity index (χ0) is 13.8. The number of hydrogen-bond donors (Lipinski definition) is 3. The summed E-state index contributed by atoms with van der Waals surface area (Å²) >= 11 is 11.1. The van der Waals surface area contributed by atoms with Crippen LogP contribution in [0.25, 0.3) is 0 Å². The predicted molar refractivity (Wildman–Crippen MR) is 63.6 cm³/mol. The largest absolute Gasteiger partial charge is 0.507 e. The molecule has 7 heteroatoms. The first kappa shape index (κ1) is 12.7. The van der Waals surface area contributed by atoms with Crippen LogP contribution in [0.15, 0.2) is 10.1 Å². The van der Waals surface area contributed by atoms with E-state index in [1.807, 2.05) is 0 Å². The molecular formula is C11H6Cl2O5.